The molecule has 0 radical (unpaired) electrons. The predicted octanol–water partition coefficient (Wildman–Crippen LogP) is 2.06. The number of thioether (sulfide) groups is 1. The molecule has 8 heteroatoms. The monoisotopic (exact) mass is 404 g/mol. The fraction of sp³-hybridized carbons (Fsp3) is 0.500. The molecule has 0 bridgehead atoms. The van der Waals surface area contributed by atoms with Crippen molar-refractivity contribution in [3.05, 3.63) is 35.4 Å². The molecule has 3 atom stereocenters. The maximum atomic E-state index is 12.4. The predicted molar refractivity (Wildman–Crippen MR) is 105 cm³/mol. The van der Waals surface area contributed by atoms with Gasteiger partial charge in [0.15, 0.2) is 12.4 Å². The lowest BCUT2D eigenvalue weighted by atomic mass is 10.0. The Kier molecular flexibility index (Phi) is 5.79. The number of fused-ring (bicyclic) bond motifs is 1. The summed E-state index contributed by atoms with van der Waals surface area (Å²) in [5.74, 6) is -0.517. The highest BCUT2D eigenvalue weighted by Gasteiger charge is 2.53. The number of ether oxygens (including phenoxy) is 1. The summed E-state index contributed by atoms with van der Waals surface area (Å²) in [6.45, 7) is 4.90. The average molecular weight is 404 g/mol. The van der Waals surface area contributed by atoms with Gasteiger partial charge in [-0.05, 0) is 25.8 Å². The first kappa shape index (κ1) is 20.4. The van der Waals surface area contributed by atoms with Gasteiger partial charge in [-0.1, -0.05) is 24.3 Å². The van der Waals surface area contributed by atoms with Crippen molar-refractivity contribution in [3.8, 4) is 0 Å². The van der Waals surface area contributed by atoms with Crippen molar-refractivity contribution in [2.75, 3.05) is 12.4 Å². The summed E-state index contributed by atoms with van der Waals surface area (Å²) in [5, 5.41) is 2.78. The fourth-order valence-electron chi connectivity index (χ4n) is 3.66. The first-order chi connectivity index (χ1) is 13.2. The number of hydrogen-bond donors (Lipinski definition) is 1. The van der Waals surface area contributed by atoms with Gasteiger partial charge in [-0.15, -0.1) is 11.8 Å². The Labute approximate surface area is 168 Å². The van der Waals surface area contributed by atoms with Crippen LogP contribution in [0.1, 0.15) is 55.6 Å². The van der Waals surface area contributed by atoms with E-state index in [1.807, 2.05) is 13.8 Å². The van der Waals surface area contributed by atoms with E-state index in [-0.39, 0.29) is 35.1 Å². The Morgan fingerprint density at radius 2 is 2.00 bits per heavy atom. The SMILES string of the molecule is CC(=O)N[C@H](C)c1ccc(C(=O)COC(=O)[C@@H]2CS[C@@]3(C)CCC(=O)N23)cc1. The van der Waals surface area contributed by atoms with Crippen LogP contribution in [-0.4, -0.2) is 51.7 Å². The largest absolute Gasteiger partial charge is 0.456 e. The van der Waals surface area contributed by atoms with Crippen molar-refractivity contribution in [2.24, 2.45) is 0 Å². The molecule has 0 aliphatic carbocycles. The highest BCUT2D eigenvalue weighted by Crippen LogP contribution is 2.47. The van der Waals surface area contributed by atoms with Crippen LogP contribution in [0.4, 0.5) is 0 Å². The van der Waals surface area contributed by atoms with Crippen molar-refractivity contribution < 1.29 is 23.9 Å². The number of Topliss-reactive ketones (excluding diaryl/α,β-unsaturated/α-hetero) is 1. The zero-order valence-electron chi connectivity index (χ0n) is 16.2. The van der Waals surface area contributed by atoms with Gasteiger partial charge in [-0.2, -0.15) is 0 Å². The summed E-state index contributed by atoms with van der Waals surface area (Å²) in [4.78, 5) is 49.3. The second-order valence-corrected chi connectivity index (χ2v) is 8.84. The zero-order chi connectivity index (χ0) is 20.5. The molecular weight excluding hydrogens is 380 g/mol. The first-order valence-corrected chi connectivity index (χ1v) is 10.2. The van der Waals surface area contributed by atoms with E-state index < -0.39 is 12.0 Å². The van der Waals surface area contributed by atoms with Crippen LogP contribution >= 0.6 is 11.8 Å². The summed E-state index contributed by atoms with van der Waals surface area (Å²) >= 11 is 1.58. The van der Waals surface area contributed by atoms with E-state index in [9.17, 15) is 19.2 Å². The Balaban J connectivity index is 1.56. The molecule has 1 N–H and O–H groups in total. The molecule has 2 saturated heterocycles. The highest BCUT2D eigenvalue weighted by molar-refractivity contribution is 8.01. The normalized spacial score (nSPS) is 24.6. The summed E-state index contributed by atoms with van der Waals surface area (Å²) in [6, 6.07) is 6.03. The number of nitrogens with one attached hydrogen (secondary N) is 1. The average Bonchev–Trinajstić information content (AvgIpc) is 3.15. The van der Waals surface area contributed by atoms with Crippen LogP contribution in [0.5, 0.6) is 0 Å². The second kappa shape index (κ2) is 7.95. The van der Waals surface area contributed by atoms with Crippen molar-refractivity contribution in [1.82, 2.24) is 10.2 Å². The minimum absolute atomic E-state index is 0.0374. The molecule has 0 aromatic heterocycles. The molecule has 0 saturated carbocycles. The summed E-state index contributed by atoms with van der Waals surface area (Å²) < 4.78 is 5.22. The standard InChI is InChI=1S/C20H24N2O5S/c1-12(21-13(2)23)14-4-6-15(7-5-14)17(24)10-27-19(26)16-11-28-20(3)9-8-18(25)22(16)20/h4-7,12,16H,8-11H2,1-3H3,(H,21,23)/t12-,16+,20+/m1/s1. The van der Waals surface area contributed by atoms with E-state index in [1.54, 1.807) is 40.9 Å². The molecule has 1 aromatic rings. The molecule has 2 aliphatic rings. The van der Waals surface area contributed by atoms with Gasteiger partial charge in [0.1, 0.15) is 6.04 Å². The third-order valence-electron chi connectivity index (χ3n) is 5.21. The van der Waals surface area contributed by atoms with E-state index in [0.29, 0.717) is 17.7 Å². The van der Waals surface area contributed by atoms with Gasteiger partial charge >= 0.3 is 5.97 Å². The quantitative estimate of drug-likeness (QED) is 0.576. The maximum Gasteiger partial charge on any atom is 0.330 e. The molecule has 2 aliphatic heterocycles. The molecule has 0 unspecified atom stereocenters. The van der Waals surface area contributed by atoms with Crippen molar-refractivity contribution in [1.29, 1.82) is 0 Å². The number of hydrogen-bond acceptors (Lipinski definition) is 6. The van der Waals surface area contributed by atoms with Gasteiger partial charge in [0, 0.05) is 24.7 Å². The first-order valence-electron chi connectivity index (χ1n) is 9.24. The van der Waals surface area contributed by atoms with E-state index in [2.05, 4.69) is 5.32 Å². The lowest BCUT2D eigenvalue weighted by molar-refractivity contribution is -0.152. The lowest BCUT2D eigenvalue weighted by Crippen LogP contribution is -2.46. The molecule has 2 fully saturated rings. The molecule has 0 spiro atoms. The maximum absolute atomic E-state index is 12.4. The third-order valence-corrected chi connectivity index (χ3v) is 6.72. The van der Waals surface area contributed by atoms with Gasteiger partial charge < -0.3 is 15.0 Å². The van der Waals surface area contributed by atoms with Crippen molar-refractivity contribution in [3.63, 3.8) is 0 Å². The fourth-order valence-corrected chi connectivity index (χ4v) is 5.07. The van der Waals surface area contributed by atoms with Crippen LogP contribution in [0.3, 0.4) is 0 Å². The zero-order valence-corrected chi connectivity index (χ0v) is 17.0. The Morgan fingerprint density at radius 3 is 2.64 bits per heavy atom. The van der Waals surface area contributed by atoms with Crippen LogP contribution < -0.4 is 5.32 Å². The Morgan fingerprint density at radius 1 is 1.32 bits per heavy atom. The molecule has 7 nitrogen and oxygen atoms in total. The number of nitrogens with zero attached hydrogens (tertiary/aromatic N) is 1. The number of amides is 2. The van der Waals surface area contributed by atoms with Crippen LogP contribution in [0.2, 0.25) is 0 Å². The summed E-state index contributed by atoms with van der Waals surface area (Å²) in [7, 11) is 0. The van der Waals surface area contributed by atoms with Crippen LogP contribution in [-0.2, 0) is 19.1 Å². The number of esters is 1. The minimum atomic E-state index is -0.626. The molecule has 28 heavy (non-hydrogen) atoms. The van der Waals surface area contributed by atoms with Crippen LogP contribution in [0.25, 0.3) is 0 Å². The van der Waals surface area contributed by atoms with E-state index in [4.69, 9.17) is 4.74 Å². The highest BCUT2D eigenvalue weighted by atomic mass is 32.2. The van der Waals surface area contributed by atoms with E-state index in [1.165, 1.54) is 6.92 Å². The third kappa shape index (κ3) is 4.06. The van der Waals surface area contributed by atoms with Crippen molar-refractivity contribution in [2.45, 2.75) is 50.6 Å². The van der Waals surface area contributed by atoms with E-state index >= 15 is 0 Å². The second-order valence-electron chi connectivity index (χ2n) is 7.34. The van der Waals surface area contributed by atoms with Crippen LogP contribution in [0, 0.1) is 0 Å². The molecule has 2 amide bonds. The van der Waals surface area contributed by atoms with E-state index in [0.717, 1.165) is 12.0 Å². The summed E-state index contributed by atoms with van der Waals surface area (Å²) in [6.07, 6.45) is 1.16. The number of benzene rings is 1. The van der Waals surface area contributed by atoms with Gasteiger partial charge in [0.25, 0.3) is 0 Å². The molecule has 3 rings (SSSR count). The Bertz CT molecular complexity index is 809. The number of rotatable bonds is 6. The van der Waals surface area contributed by atoms with Gasteiger partial charge in [0.05, 0.1) is 10.9 Å². The summed E-state index contributed by atoms with van der Waals surface area (Å²) in [5.41, 5.74) is 1.30. The van der Waals surface area contributed by atoms with Gasteiger partial charge in [-0.3, -0.25) is 14.4 Å². The van der Waals surface area contributed by atoms with Crippen molar-refractivity contribution >= 4 is 35.3 Å². The van der Waals surface area contributed by atoms with Gasteiger partial charge in [-0.25, -0.2) is 4.79 Å². The molecule has 2 heterocycles. The number of carbonyl (C=O) groups excluding carboxylic acids is 4. The van der Waals surface area contributed by atoms with Crippen LogP contribution in [0.15, 0.2) is 24.3 Å². The smallest absolute Gasteiger partial charge is 0.330 e. The molecule has 150 valence electrons. The topological polar surface area (TPSA) is 92.8 Å². The lowest BCUT2D eigenvalue weighted by Gasteiger charge is -2.29. The molecular formula is C20H24N2O5S. The number of carbonyl (C=O) groups is 4. The molecule has 1 aromatic carbocycles. The number of ketones is 1. The minimum Gasteiger partial charge on any atom is -0.456 e. The Hall–Kier alpha value is -2.35. The van der Waals surface area contributed by atoms with Gasteiger partial charge in [0.2, 0.25) is 11.8 Å².